The normalized spacial score (nSPS) is 16.3. The first-order chi connectivity index (χ1) is 8.56. The molecule has 0 heterocycles. The average molecular weight is 312 g/mol. The Morgan fingerprint density at radius 2 is 1.67 bits per heavy atom. The Bertz CT molecular complexity index is 333. The van der Waals surface area contributed by atoms with Crippen LogP contribution in [0.15, 0.2) is 28.7 Å². The van der Waals surface area contributed by atoms with Gasteiger partial charge in [-0.05, 0) is 43.4 Å². The third kappa shape index (κ3) is 5.11. The smallest absolute Gasteiger partial charge is 0.0294 e. The van der Waals surface area contributed by atoms with Gasteiger partial charge in [0.05, 0.1) is 0 Å². The second-order valence-corrected chi connectivity index (χ2v) is 6.21. The van der Waals surface area contributed by atoms with Crippen LogP contribution in [0.3, 0.4) is 0 Å². The summed E-state index contributed by atoms with van der Waals surface area (Å²) in [6.45, 7) is 9.14. The van der Waals surface area contributed by atoms with Crippen molar-refractivity contribution in [2.24, 2.45) is 5.92 Å². The van der Waals surface area contributed by atoms with Crippen LogP contribution in [0.1, 0.15) is 58.6 Å². The van der Waals surface area contributed by atoms with E-state index in [-0.39, 0.29) is 0 Å². The molecule has 2 heteroatoms. The monoisotopic (exact) mass is 311 g/mol. The summed E-state index contributed by atoms with van der Waals surface area (Å²) in [5.74, 6) is 0.805. The zero-order chi connectivity index (χ0) is 13.5. The maximum absolute atomic E-state index is 3.75. The lowest BCUT2D eigenvalue weighted by atomic mass is 9.96. The maximum Gasteiger partial charge on any atom is 0.0294 e. The predicted octanol–water partition coefficient (Wildman–Crippen LogP) is 5.31. The van der Waals surface area contributed by atoms with Crippen LogP contribution >= 0.6 is 15.9 Å². The summed E-state index contributed by atoms with van der Waals surface area (Å²) in [4.78, 5) is 0. The van der Waals surface area contributed by atoms with Crippen LogP contribution in [0.4, 0.5) is 0 Å². The molecule has 102 valence electrons. The molecule has 1 aromatic carbocycles. The highest BCUT2D eigenvalue weighted by molar-refractivity contribution is 9.10. The van der Waals surface area contributed by atoms with E-state index in [2.05, 4.69) is 73.2 Å². The van der Waals surface area contributed by atoms with Gasteiger partial charge in [-0.3, -0.25) is 0 Å². The number of hydrogen-bond donors (Lipinski definition) is 1. The quantitative estimate of drug-likeness (QED) is 0.719. The lowest BCUT2D eigenvalue weighted by Gasteiger charge is -2.25. The van der Waals surface area contributed by atoms with Crippen molar-refractivity contribution >= 4 is 15.9 Å². The van der Waals surface area contributed by atoms with Gasteiger partial charge in [-0.2, -0.15) is 0 Å². The summed E-state index contributed by atoms with van der Waals surface area (Å²) in [5.41, 5.74) is 1.36. The number of nitrogens with one attached hydrogen (secondary N) is 1. The molecule has 2 unspecified atom stereocenters. The van der Waals surface area contributed by atoms with Crippen LogP contribution in [0.25, 0.3) is 0 Å². The number of benzene rings is 1. The lowest BCUT2D eigenvalue weighted by Crippen LogP contribution is -2.32. The van der Waals surface area contributed by atoms with Crippen molar-refractivity contribution in [1.82, 2.24) is 5.32 Å². The highest BCUT2D eigenvalue weighted by Gasteiger charge is 2.14. The van der Waals surface area contributed by atoms with Gasteiger partial charge in [0, 0.05) is 16.6 Å². The maximum atomic E-state index is 3.75. The zero-order valence-corrected chi connectivity index (χ0v) is 13.6. The second kappa shape index (κ2) is 7.96. The lowest BCUT2D eigenvalue weighted by molar-refractivity contribution is 0.359. The number of hydrogen-bond acceptors (Lipinski definition) is 1. The molecule has 0 saturated carbocycles. The van der Waals surface area contributed by atoms with Crippen molar-refractivity contribution < 1.29 is 0 Å². The van der Waals surface area contributed by atoms with Crippen LogP contribution in [0, 0.1) is 5.92 Å². The van der Waals surface area contributed by atoms with Crippen molar-refractivity contribution in [2.75, 3.05) is 0 Å². The Kier molecular flexibility index (Phi) is 6.95. The minimum Gasteiger partial charge on any atom is -0.307 e. The fourth-order valence-electron chi connectivity index (χ4n) is 2.21. The van der Waals surface area contributed by atoms with Crippen LogP contribution in [0.2, 0.25) is 0 Å². The van der Waals surface area contributed by atoms with E-state index in [1.807, 2.05) is 0 Å². The molecule has 1 nitrogen and oxygen atoms in total. The van der Waals surface area contributed by atoms with Crippen molar-refractivity contribution in [1.29, 1.82) is 0 Å². The van der Waals surface area contributed by atoms with Gasteiger partial charge in [-0.15, -0.1) is 0 Å². The molecule has 3 atom stereocenters. The molecule has 0 aromatic heterocycles. The van der Waals surface area contributed by atoms with E-state index < -0.39 is 0 Å². The van der Waals surface area contributed by atoms with E-state index in [0.29, 0.717) is 12.1 Å². The Morgan fingerprint density at radius 1 is 1.06 bits per heavy atom. The van der Waals surface area contributed by atoms with Gasteiger partial charge >= 0.3 is 0 Å². The molecule has 0 bridgehead atoms. The number of rotatable bonds is 7. The molecule has 0 saturated heterocycles. The van der Waals surface area contributed by atoms with E-state index in [0.717, 1.165) is 10.4 Å². The van der Waals surface area contributed by atoms with Crippen molar-refractivity contribution in [3.63, 3.8) is 0 Å². The minimum absolute atomic E-state index is 0.423. The zero-order valence-electron chi connectivity index (χ0n) is 12.0. The summed E-state index contributed by atoms with van der Waals surface area (Å²) in [6, 6.07) is 9.66. The van der Waals surface area contributed by atoms with Gasteiger partial charge in [0.1, 0.15) is 0 Å². The first-order valence-corrected chi connectivity index (χ1v) is 7.87. The summed E-state index contributed by atoms with van der Waals surface area (Å²) in [6.07, 6.45) is 3.74. The Balaban J connectivity index is 2.56. The molecule has 0 aliphatic heterocycles. The molecule has 0 aliphatic carbocycles. The van der Waals surface area contributed by atoms with Crippen LogP contribution < -0.4 is 5.32 Å². The highest BCUT2D eigenvalue weighted by Crippen LogP contribution is 2.19. The van der Waals surface area contributed by atoms with Crippen molar-refractivity contribution in [3.8, 4) is 0 Å². The van der Waals surface area contributed by atoms with E-state index >= 15 is 0 Å². The minimum atomic E-state index is 0.423. The molecule has 1 rings (SSSR count). The third-order valence-electron chi connectivity index (χ3n) is 3.73. The Labute approximate surface area is 120 Å². The van der Waals surface area contributed by atoms with Gasteiger partial charge in [0.25, 0.3) is 0 Å². The Hall–Kier alpha value is -0.340. The molecule has 0 radical (unpaired) electrons. The molecule has 0 amide bonds. The summed E-state index contributed by atoms with van der Waals surface area (Å²) in [7, 11) is 0. The van der Waals surface area contributed by atoms with Crippen LogP contribution in [-0.4, -0.2) is 6.04 Å². The number of halogens is 1. The first-order valence-electron chi connectivity index (χ1n) is 7.08. The van der Waals surface area contributed by atoms with E-state index in [4.69, 9.17) is 0 Å². The van der Waals surface area contributed by atoms with Crippen LogP contribution in [-0.2, 0) is 0 Å². The largest absolute Gasteiger partial charge is 0.307 e. The molecule has 0 spiro atoms. The van der Waals surface area contributed by atoms with Gasteiger partial charge in [0.2, 0.25) is 0 Å². The fourth-order valence-corrected chi connectivity index (χ4v) is 2.47. The molecule has 0 fully saturated rings. The van der Waals surface area contributed by atoms with E-state index in [9.17, 15) is 0 Å². The van der Waals surface area contributed by atoms with Gasteiger partial charge in [-0.25, -0.2) is 0 Å². The fraction of sp³-hybridized carbons (Fsp3) is 0.625. The van der Waals surface area contributed by atoms with Gasteiger partial charge in [0.15, 0.2) is 0 Å². The second-order valence-electron chi connectivity index (χ2n) is 5.29. The summed E-state index contributed by atoms with van der Waals surface area (Å²) < 4.78 is 1.14. The molecule has 1 aromatic rings. The van der Waals surface area contributed by atoms with Gasteiger partial charge < -0.3 is 5.32 Å². The SMILES string of the molecule is CCC(C)CC(CC)N[C@H](C)c1ccc(Br)cc1. The molecule has 18 heavy (non-hydrogen) atoms. The molecule has 0 aliphatic rings. The molecular formula is C16H26BrN. The van der Waals surface area contributed by atoms with E-state index in [1.165, 1.54) is 24.8 Å². The van der Waals surface area contributed by atoms with Gasteiger partial charge in [-0.1, -0.05) is 55.3 Å². The topological polar surface area (TPSA) is 12.0 Å². The van der Waals surface area contributed by atoms with Crippen molar-refractivity contribution in [2.45, 2.75) is 59.0 Å². The highest BCUT2D eigenvalue weighted by atomic mass is 79.9. The summed E-state index contributed by atoms with van der Waals surface area (Å²) in [5, 5.41) is 3.75. The Morgan fingerprint density at radius 3 is 2.17 bits per heavy atom. The third-order valence-corrected chi connectivity index (χ3v) is 4.26. The summed E-state index contributed by atoms with van der Waals surface area (Å²) >= 11 is 3.48. The average Bonchev–Trinajstić information content (AvgIpc) is 2.38. The molecule has 1 N–H and O–H groups in total. The molecular weight excluding hydrogens is 286 g/mol. The van der Waals surface area contributed by atoms with E-state index in [1.54, 1.807) is 0 Å². The predicted molar refractivity (Wildman–Crippen MR) is 83.8 cm³/mol. The first kappa shape index (κ1) is 15.7. The van der Waals surface area contributed by atoms with Crippen molar-refractivity contribution in [3.05, 3.63) is 34.3 Å². The van der Waals surface area contributed by atoms with Crippen LogP contribution in [0.5, 0.6) is 0 Å². The standard InChI is InChI=1S/C16H26BrN/c1-5-12(3)11-16(6-2)18-13(4)14-7-9-15(17)10-8-14/h7-10,12-13,16,18H,5-6,11H2,1-4H3/t12?,13-,16?/m1/s1.